The highest BCUT2D eigenvalue weighted by atomic mass is 35.5. The maximum atomic E-state index is 13.1. The molecule has 0 spiro atoms. The molecule has 1 aromatic carbocycles. The number of hydrogen-bond donors (Lipinski definition) is 2. The van der Waals surface area contributed by atoms with Gasteiger partial charge in [-0.15, -0.1) is 0 Å². The minimum absolute atomic E-state index is 0.0860. The Bertz CT molecular complexity index is 634. The van der Waals surface area contributed by atoms with Crippen molar-refractivity contribution in [2.24, 2.45) is 0 Å². The SMILES string of the molecule is O=C(Nc1cc(F)cc(Cl)c1)c1cccc(=O)[nH]1. The van der Waals surface area contributed by atoms with Crippen molar-refractivity contribution in [3.63, 3.8) is 0 Å². The second kappa shape index (κ2) is 5.01. The molecule has 1 amide bonds. The van der Waals surface area contributed by atoms with Crippen LogP contribution < -0.4 is 10.9 Å². The molecular formula is C12H8ClFN2O2. The molecule has 1 aromatic heterocycles. The van der Waals surface area contributed by atoms with Crippen LogP contribution in [0.15, 0.2) is 41.2 Å². The Labute approximate surface area is 106 Å². The van der Waals surface area contributed by atoms with Gasteiger partial charge >= 0.3 is 0 Å². The summed E-state index contributed by atoms with van der Waals surface area (Å²) in [7, 11) is 0. The molecule has 4 nitrogen and oxygen atoms in total. The van der Waals surface area contributed by atoms with Crippen LogP contribution in [0.4, 0.5) is 10.1 Å². The average Bonchev–Trinajstić information content (AvgIpc) is 2.27. The molecule has 0 saturated carbocycles. The van der Waals surface area contributed by atoms with Gasteiger partial charge in [0.1, 0.15) is 11.5 Å². The zero-order valence-electron chi connectivity index (χ0n) is 9.04. The molecule has 0 radical (unpaired) electrons. The molecule has 2 aromatic rings. The highest BCUT2D eigenvalue weighted by Crippen LogP contribution is 2.18. The molecule has 0 aliphatic rings. The number of halogens is 2. The summed E-state index contributed by atoms with van der Waals surface area (Å²) in [5, 5.41) is 2.61. The molecule has 2 rings (SSSR count). The first-order chi connectivity index (χ1) is 8.54. The molecule has 92 valence electrons. The Balaban J connectivity index is 2.24. The van der Waals surface area contributed by atoms with Crippen molar-refractivity contribution in [3.05, 3.63) is 63.3 Å². The number of H-pyrrole nitrogens is 1. The minimum atomic E-state index is -0.556. The molecule has 6 heteroatoms. The van der Waals surface area contributed by atoms with Crippen LogP contribution in [0.3, 0.4) is 0 Å². The molecule has 0 fully saturated rings. The van der Waals surface area contributed by atoms with Crippen molar-refractivity contribution in [1.82, 2.24) is 4.98 Å². The van der Waals surface area contributed by atoms with Crippen molar-refractivity contribution < 1.29 is 9.18 Å². The van der Waals surface area contributed by atoms with E-state index >= 15 is 0 Å². The Morgan fingerprint density at radius 3 is 2.72 bits per heavy atom. The van der Waals surface area contributed by atoms with Crippen molar-refractivity contribution >= 4 is 23.2 Å². The topological polar surface area (TPSA) is 62.0 Å². The monoisotopic (exact) mass is 266 g/mol. The van der Waals surface area contributed by atoms with Crippen molar-refractivity contribution in [2.75, 3.05) is 5.32 Å². The fourth-order valence-corrected chi connectivity index (χ4v) is 1.63. The van der Waals surface area contributed by atoms with E-state index in [1.807, 2.05) is 0 Å². The van der Waals surface area contributed by atoms with E-state index in [9.17, 15) is 14.0 Å². The fourth-order valence-electron chi connectivity index (χ4n) is 1.40. The Morgan fingerprint density at radius 1 is 1.28 bits per heavy atom. The van der Waals surface area contributed by atoms with E-state index in [1.165, 1.54) is 24.3 Å². The van der Waals surface area contributed by atoms with Gasteiger partial charge in [0.2, 0.25) is 5.56 Å². The molecular weight excluding hydrogens is 259 g/mol. The maximum absolute atomic E-state index is 13.1. The lowest BCUT2D eigenvalue weighted by Crippen LogP contribution is -2.17. The summed E-state index contributed by atoms with van der Waals surface area (Å²) in [5.41, 5.74) is -0.0856. The maximum Gasteiger partial charge on any atom is 0.272 e. The van der Waals surface area contributed by atoms with Gasteiger partial charge in [-0.1, -0.05) is 17.7 Å². The third kappa shape index (κ3) is 2.95. The lowest BCUT2D eigenvalue weighted by Gasteiger charge is -2.05. The zero-order chi connectivity index (χ0) is 13.1. The lowest BCUT2D eigenvalue weighted by molar-refractivity contribution is 0.102. The number of hydrogen-bond acceptors (Lipinski definition) is 2. The summed E-state index contributed by atoms with van der Waals surface area (Å²) in [6.07, 6.45) is 0. The Hall–Kier alpha value is -2.14. The van der Waals surface area contributed by atoms with Crippen LogP contribution in [-0.2, 0) is 0 Å². The summed E-state index contributed by atoms with van der Waals surface area (Å²) in [5.74, 6) is -1.10. The lowest BCUT2D eigenvalue weighted by atomic mass is 10.3. The second-order valence-corrected chi connectivity index (χ2v) is 3.98. The molecule has 0 unspecified atom stereocenters. The minimum Gasteiger partial charge on any atom is -0.321 e. The largest absolute Gasteiger partial charge is 0.321 e. The number of benzene rings is 1. The molecule has 0 bridgehead atoms. The van der Waals surface area contributed by atoms with E-state index in [0.29, 0.717) is 0 Å². The highest BCUT2D eigenvalue weighted by molar-refractivity contribution is 6.31. The quantitative estimate of drug-likeness (QED) is 0.877. The number of anilines is 1. The number of carbonyl (C=O) groups is 1. The number of amides is 1. The third-order valence-corrected chi connectivity index (χ3v) is 2.35. The fraction of sp³-hybridized carbons (Fsp3) is 0. The Kier molecular flexibility index (Phi) is 3.43. The van der Waals surface area contributed by atoms with Gasteiger partial charge in [-0.2, -0.15) is 0 Å². The first-order valence-corrected chi connectivity index (χ1v) is 5.39. The smallest absolute Gasteiger partial charge is 0.272 e. The summed E-state index contributed by atoms with van der Waals surface area (Å²) in [4.78, 5) is 25.1. The van der Waals surface area contributed by atoms with Crippen LogP contribution >= 0.6 is 11.6 Å². The van der Waals surface area contributed by atoms with Crippen LogP contribution in [0.1, 0.15) is 10.5 Å². The van der Waals surface area contributed by atoms with Crippen molar-refractivity contribution in [1.29, 1.82) is 0 Å². The number of rotatable bonds is 2. The summed E-state index contributed by atoms with van der Waals surface area (Å²) >= 11 is 5.66. The summed E-state index contributed by atoms with van der Waals surface area (Å²) in [6, 6.07) is 7.84. The van der Waals surface area contributed by atoms with E-state index < -0.39 is 11.7 Å². The predicted molar refractivity (Wildman–Crippen MR) is 66.4 cm³/mol. The van der Waals surface area contributed by atoms with E-state index in [4.69, 9.17) is 11.6 Å². The van der Waals surface area contributed by atoms with E-state index in [0.717, 1.165) is 12.1 Å². The van der Waals surface area contributed by atoms with Crippen molar-refractivity contribution in [2.45, 2.75) is 0 Å². The third-order valence-electron chi connectivity index (χ3n) is 2.13. The highest BCUT2D eigenvalue weighted by Gasteiger charge is 2.08. The number of pyridine rings is 1. The van der Waals surface area contributed by atoms with Gasteiger partial charge in [-0.25, -0.2) is 4.39 Å². The first-order valence-electron chi connectivity index (χ1n) is 5.01. The van der Waals surface area contributed by atoms with E-state index in [-0.39, 0.29) is 22.0 Å². The van der Waals surface area contributed by atoms with Gasteiger partial charge in [0.15, 0.2) is 0 Å². The van der Waals surface area contributed by atoms with Gasteiger partial charge in [-0.05, 0) is 24.3 Å². The molecule has 18 heavy (non-hydrogen) atoms. The average molecular weight is 267 g/mol. The first kappa shape index (κ1) is 12.3. The molecule has 1 heterocycles. The molecule has 0 saturated heterocycles. The van der Waals surface area contributed by atoms with Crippen LogP contribution in [0.5, 0.6) is 0 Å². The van der Waals surface area contributed by atoms with Gasteiger partial charge in [-0.3, -0.25) is 9.59 Å². The number of aromatic nitrogens is 1. The van der Waals surface area contributed by atoms with E-state index in [1.54, 1.807) is 0 Å². The molecule has 0 atom stereocenters. The van der Waals surface area contributed by atoms with Crippen molar-refractivity contribution in [3.8, 4) is 0 Å². The van der Waals surface area contributed by atoms with Gasteiger partial charge in [0.25, 0.3) is 5.91 Å². The normalized spacial score (nSPS) is 10.1. The number of nitrogens with one attached hydrogen (secondary N) is 2. The van der Waals surface area contributed by atoms with Gasteiger partial charge < -0.3 is 10.3 Å². The van der Waals surface area contributed by atoms with Crippen LogP contribution in [-0.4, -0.2) is 10.9 Å². The van der Waals surface area contributed by atoms with Crippen LogP contribution in [0, 0.1) is 5.82 Å². The van der Waals surface area contributed by atoms with Crippen LogP contribution in [0.2, 0.25) is 5.02 Å². The van der Waals surface area contributed by atoms with Crippen LogP contribution in [0.25, 0.3) is 0 Å². The molecule has 0 aliphatic heterocycles. The van der Waals surface area contributed by atoms with Gasteiger partial charge in [0, 0.05) is 16.8 Å². The standard InChI is InChI=1S/C12H8ClFN2O2/c13-7-4-8(14)6-9(5-7)15-12(18)10-2-1-3-11(17)16-10/h1-6H,(H,15,18)(H,16,17). The zero-order valence-corrected chi connectivity index (χ0v) is 9.79. The second-order valence-electron chi connectivity index (χ2n) is 3.54. The molecule has 2 N–H and O–H groups in total. The summed E-state index contributed by atoms with van der Waals surface area (Å²) < 4.78 is 13.1. The van der Waals surface area contributed by atoms with E-state index in [2.05, 4.69) is 10.3 Å². The predicted octanol–water partition coefficient (Wildman–Crippen LogP) is 2.42. The van der Waals surface area contributed by atoms with Gasteiger partial charge in [0.05, 0.1) is 0 Å². The molecule has 0 aliphatic carbocycles. The summed E-state index contributed by atoms with van der Waals surface area (Å²) in [6.45, 7) is 0. The number of carbonyl (C=O) groups excluding carboxylic acids is 1. The Morgan fingerprint density at radius 2 is 2.06 bits per heavy atom. The number of aromatic amines is 1.